The third-order valence-corrected chi connectivity index (χ3v) is 8.03. The molecule has 0 radical (unpaired) electrons. The number of carbonyl (C=O) groups is 4. The van der Waals surface area contributed by atoms with Crippen LogP contribution in [0.15, 0.2) is 60.7 Å². The monoisotopic (exact) mass is 458 g/mol. The second-order valence-corrected chi connectivity index (χ2v) is 9.94. The average Bonchev–Trinajstić information content (AvgIpc) is 2.88. The lowest BCUT2D eigenvalue weighted by Gasteiger charge is -2.40. The first-order valence-corrected chi connectivity index (χ1v) is 12.7. The third-order valence-electron chi connectivity index (χ3n) is 8.03. The molecule has 0 aliphatic heterocycles. The lowest BCUT2D eigenvalue weighted by molar-refractivity contribution is -0.131. The maximum Gasteiger partial charge on any atom is 0.136 e. The molecule has 2 fully saturated rings. The molecule has 6 atom stereocenters. The molecule has 0 bridgehead atoms. The van der Waals surface area contributed by atoms with Crippen molar-refractivity contribution in [3.63, 3.8) is 0 Å². The summed E-state index contributed by atoms with van der Waals surface area (Å²) >= 11 is 0. The molecule has 4 heteroatoms. The summed E-state index contributed by atoms with van der Waals surface area (Å²) in [6.07, 6.45) is 7.93. The summed E-state index contributed by atoms with van der Waals surface area (Å²) in [4.78, 5) is 51.8. The highest BCUT2D eigenvalue weighted by Gasteiger charge is 2.45. The van der Waals surface area contributed by atoms with Crippen LogP contribution in [0, 0.1) is 23.7 Å². The van der Waals surface area contributed by atoms with E-state index in [9.17, 15) is 19.2 Å². The van der Waals surface area contributed by atoms with E-state index in [1.54, 1.807) is 0 Å². The average molecular weight is 459 g/mol. The van der Waals surface area contributed by atoms with Gasteiger partial charge >= 0.3 is 0 Å². The van der Waals surface area contributed by atoms with Crippen molar-refractivity contribution in [3.05, 3.63) is 71.8 Å². The summed E-state index contributed by atoms with van der Waals surface area (Å²) in [5, 5.41) is 0. The predicted molar refractivity (Wildman–Crippen MR) is 131 cm³/mol. The van der Waals surface area contributed by atoms with Gasteiger partial charge in [0.2, 0.25) is 0 Å². The van der Waals surface area contributed by atoms with Gasteiger partial charge in [-0.25, -0.2) is 0 Å². The van der Waals surface area contributed by atoms with Gasteiger partial charge in [0.25, 0.3) is 0 Å². The zero-order valence-corrected chi connectivity index (χ0v) is 19.7. The van der Waals surface area contributed by atoms with Crippen LogP contribution in [0.2, 0.25) is 0 Å². The molecular formula is C30H34O4. The van der Waals surface area contributed by atoms with E-state index < -0.39 is 11.8 Å². The Morgan fingerprint density at radius 3 is 1.29 bits per heavy atom. The molecule has 0 amide bonds. The Labute approximate surface area is 202 Å². The minimum Gasteiger partial charge on any atom is -0.303 e. The second kappa shape index (κ2) is 11.5. The molecule has 0 saturated heterocycles. The molecule has 178 valence electrons. The van der Waals surface area contributed by atoms with Gasteiger partial charge in [0.1, 0.15) is 24.1 Å². The first-order chi connectivity index (χ1) is 16.7. The zero-order valence-electron chi connectivity index (χ0n) is 19.7. The summed E-state index contributed by atoms with van der Waals surface area (Å²) in [5.74, 6) is -2.29. The summed E-state index contributed by atoms with van der Waals surface area (Å²) in [5.41, 5.74) is 1.85. The second-order valence-electron chi connectivity index (χ2n) is 9.94. The summed E-state index contributed by atoms with van der Waals surface area (Å²) < 4.78 is 0. The summed E-state index contributed by atoms with van der Waals surface area (Å²) in [6, 6.07) is 19.4. The quantitative estimate of drug-likeness (QED) is 0.452. The van der Waals surface area contributed by atoms with Crippen molar-refractivity contribution in [1.82, 2.24) is 0 Å². The van der Waals surface area contributed by atoms with E-state index in [1.807, 2.05) is 60.7 Å². The van der Waals surface area contributed by atoms with Crippen molar-refractivity contribution < 1.29 is 19.2 Å². The SMILES string of the molecule is O=CC(C(C=O)C(c1ccccc1)C1CCCCC1=O)C(c1ccccc1)C1CCCCC1=O. The fourth-order valence-electron chi connectivity index (χ4n) is 6.41. The first kappa shape index (κ1) is 24.3. The minimum absolute atomic E-state index is 0.182. The van der Waals surface area contributed by atoms with Crippen LogP contribution >= 0.6 is 0 Å². The molecule has 0 heterocycles. The van der Waals surface area contributed by atoms with Gasteiger partial charge in [0.15, 0.2) is 0 Å². The van der Waals surface area contributed by atoms with Crippen LogP contribution in [0.3, 0.4) is 0 Å². The van der Waals surface area contributed by atoms with Crippen molar-refractivity contribution in [2.45, 2.75) is 63.2 Å². The highest BCUT2D eigenvalue weighted by atomic mass is 16.1. The molecule has 0 N–H and O–H groups in total. The van der Waals surface area contributed by atoms with Crippen LogP contribution < -0.4 is 0 Å². The van der Waals surface area contributed by atoms with E-state index in [4.69, 9.17) is 0 Å². The molecule has 2 saturated carbocycles. The van der Waals surface area contributed by atoms with E-state index in [0.717, 1.165) is 62.2 Å². The Morgan fingerprint density at radius 1 is 0.588 bits per heavy atom. The van der Waals surface area contributed by atoms with Crippen LogP contribution in [0.5, 0.6) is 0 Å². The molecule has 0 spiro atoms. The number of hydrogen-bond acceptors (Lipinski definition) is 4. The molecule has 2 aliphatic carbocycles. The van der Waals surface area contributed by atoms with Crippen LogP contribution in [0.25, 0.3) is 0 Å². The minimum atomic E-state index is -0.674. The van der Waals surface area contributed by atoms with Gasteiger partial charge in [-0.15, -0.1) is 0 Å². The van der Waals surface area contributed by atoms with Gasteiger partial charge in [0, 0.05) is 48.3 Å². The van der Waals surface area contributed by atoms with Crippen molar-refractivity contribution in [2.24, 2.45) is 23.7 Å². The van der Waals surface area contributed by atoms with Crippen LogP contribution in [-0.4, -0.2) is 24.1 Å². The van der Waals surface area contributed by atoms with Crippen LogP contribution in [0.4, 0.5) is 0 Å². The van der Waals surface area contributed by atoms with E-state index in [1.165, 1.54) is 0 Å². The normalized spacial score (nSPS) is 24.6. The molecule has 4 rings (SSSR count). The fraction of sp³-hybridized carbons (Fsp3) is 0.467. The molecule has 0 aromatic heterocycles. The van der Waals surface area contributed by atoms with Crippen LogP contribution in [-0.2, 0) is 19.2 Å². The number of benzene rings is 2. The molecule has 34 heavy (non-hydrogen) atoms. The van der Waals surface area contributed by atoms with Gasteiger partial charge in [-0.2, -0.15) is 0 Å². The van der Waals surface area contributed by atoms with Crippen molar-refractivity contribution in [1.29, 1.82) is 0 Å². The van der Waals surface area contributed by atoms with Crippen LogP contribution in [0.1, 0.15) is 74.3 Å². The topological polar surface area (TPSA) is 68.3 Å². The Balaban J connectivity index is 1.80. The number of ketones is 2. The maximum atomic E-state index is 13.1. The number of aldehydes is 2. The van der Waals surface area contributed by atoms with Gasteiger partial charge < -0.3 is 9.59 Å². The first-order valence-electron chi connectivity index (χ1n) is 12.7. The molecule has 4 nitrogen and oxygen atoms in total. The highest BCUT2D eigenvalue weighted by molar-refractivity contribution is 5.85. The number of rotatable bonds is 9. The summed E-state index contributed by atoms with van der Waals surface area (Å²) in [6.45, 7) is 0. The smallest absolute Gasteiger partial charge is 0.136 e. The Kier molecular flexibility index (Phi) is 8.21. The maximum absolute atomic E-state index is 13.1. The number of hydrogen-bond donors (Lipinski definition) is 0. The van der Waals surface area contributed by atoms with E-state index in [0.29, 0.717) is 12.8 Å². The third kappa shape index (κ3) is 5.11. The van der Waals surface area contributed by atoms with Gasteiger partial charge in [-0.3, -0.25) is 9.59 Å². The van der Waals surface area contributed by atoms with E-state index >= 15 is 0 Å². The van der Waals surface area contributed by atoms with Gasteiger partial charge in [-0.05, 0) is 36.8 Å². The highest BCUT2D eigenvalue weighted by Crippen LogP contribution is 2.47. The van der Waals surface area contributed by atoms with Crippen molar-refractivity contribution >= 4 is 24.1 Å². The molecule has 2 aromatic carbocycles. The lowest BCUT2D eigenvalue weighted by atomic mass is 9.61. The molecular weight excluding hydrogens is 424 g/mol. The molecule has 2 aromatic rings. The largest absolute Gasteiger partial charge is 0.303 e. The fourth-order valence-corrected chi connectivity index (χ4v) is 6.41. The Morgan fingerprint density at radius 2 is 0.971 bits per heavy atom. The predicted octanol–water partition coefficient (Wildman–Crippen LogP) is 5.70. The Hall–Kier alpha value is -2.88. The molecule has 6 unspecified atom stereocenters. The Bertz CT molecular complexity index is 902. The number of Topliss-reactive ketones (excluding diaryl/α,β-unsaturated/α-hetero) is 2. The van der Waals surface area contributed by atoms with Crippen molar-refractivity contribution in [2.75, 3.05) is 0 Å². The molecule has 2 aliphatic rings. The number of carbonyl (C=O) groups excluding carboxylic acids is 4. The standard InChI is InChI=1S/C30H34O4/c31-19-25(29(21-11-3-1-4-12-21)23-15-7-9-17-27(23)33)26(20-32)30(22-13-5-2-6-14-22)24-16-8-10-18-28(24)34/h1-6,11-14,19-20,23-26,29-30H,7-10,15-18H2. The van der Waals surface area contributed by atoms with Gasteiger partial charge in [0.05, 0.1) is 0 Å². The van der Waals surface area contributed by atoms with E-state index in [2.05, 4.69) is 0 Å². The van der Waals surface area contributed by atoms with Gasteiger partial charge in [-0.1, -0.05) is 73.5 Å². The van der Waals surface area contributed by atoms with E-state index in [-0.39, 0.29) is 35.2 Å². The van der Waals surface area contributed by atoms with Crippen molar-refractivity contribution in [3.8, 4) is 0 Å². The lowest BCUT2D eigenvalue weighted by Crippen LogP contribution is -2.40. The zero-order chi connectivity index (χ0) is 23.9. The summed E-state index contributed by atoms with van der Waals surface area (Å²) in [7, 11) is 0.